The van der Waals surface area contributed by atoms with E-state index in [9.17, 15) is 14.0 Å². The highest BCUT2D eigenvalue weighted by Crippen LogP contribution is 2.12. The first kappa shape index (κ1) is 17.1. The number of allylic oxidation sites excluding steroid dienone is 4. The van der Waals surface area contributed by atoms with Crippen molar-refractivity contribution in [1.82, 2.24) is 5.32 Å². The zero-order chi connectivity index (χ0) is 14.7. The number of carbonyl (C=O) groups excluding carboxylic acids is 2. The Morgan fingerprint density at radius 1 is 1.42 bits per heavy atom. The molecule has 0 radical (unpaired) electrons. The number of halogens is 2. The zero-order valence-corrected chi connectivity index (χ0v) is 11.1. The van der Waals surface area contributed by atoms with E-state index < -0.39 is 5.83 Å². The first-order valence-electron chi connectivity index (χ1n) is 5.35. The summed E-state index contributed by atoms with van der Waals surface area (Å²) < 4.78 is 17.3. The molecule has 0 heterocycles. The van der Waals surface area contributed by atoms with Gasteiger partial charge in [0.2, 0.25) is 0 Å². The fourth-order valence-corrected chi connectivity index (χ4v) is 0.939. The fraction of sp³-hybridized carbons (Fsp3) is 0.231. The molecule has 104 valence electrons. The summed E-state index contributed by atoms with van der Waals surface area (Å²) >= 11 is 5.43. The van der Waals surface area contributed by atoms with Gasteiger partial charge in [0.25, 0.3) is 5.91 Å². The van der Waals surface area contributed by atoms with E-state index in [1.807, 2.05) is 0 Å². The third-order valence-electron chi connectivity index (χ3n) is 1.83. The summed E-state index contributed by atoms with van der Waals surface area (Å²) in [6.45, 7) is 6.60. The van der Waals surface area contributed by atoms with Crippen LogP contribution in [0.15, 0.2) is 48.0 Å². The molecule has 0 aliphatic rings. The van der Waals surface area contributed by atoms with E-state index in [1.165, 1.54) is 18.4 Å². The van der Waals surface area contributed by atoms with Crippen molar-refractivity contribution in [2.45, 2.75) is 6.42 Å². The van der Waals surface area contributed by atoms with Gasteiger partial charge in [-0.2, -0.15) is 0 Å². The molecule has 0 aromatic carbocycles. The summed E-state index contributed by atoms with van der Waals surface area (Å²) in [6, 6.07) is 0. The van der Waals surface area contributed by atoms with E-state index in [-0.39, 0.29) is 17.5 Å². The topological polar surface area (TPSA) is 55.4 Å². The van der Waals surface area contributed by atoms with Crippen LogP contribution in [0, 0.1) is 0 Å². The van der Waals surface area contributed by atoms with Gasteiger partial charge in [0, 0.05) is 6.54 Å². The van der Waals surface area contributed by atoms with Gasteiger partial charge in [-0.25, -0.2) is 4.39 Å². The van der Waals surface area contributed by atoms with Gasteiger partial charge in [0.1, 0.15) is 12.1 Å². The molecule has 0 fully saturated rings. The van der Waals surface area contributed by atoms with Crippen LogP contribution >= 0.6 is 11.6 Å². The lowest BCUT2D eigenvalue weighted by atomic mass is 10.2. The van der Waals surface area contributed by atoms with E-state index in [4.69, 9.17) is 16.3 Å². The minimum atomic E-state index is -0.750. The van der Waals surface area contributed by atoms with Gasteiger partial charge < -0.3 is 10.1 Å². The van der Waals surface area contributed by atoms with Gasteiger partial charge in [0.05, 0.1) is 11.3 Å². The highest BCUT2D eigenvalue weighted by atomic mass is 35.5. The Labute approximate surface area is 116 Å². The average Bonchev–Trinajstić information content (AvgIpc) is 2.37. The molecule has 0 spiro atoms. The van der Waals surface area contributed by atoms with Crippen LogP contribution in [0.25, 0.3) is 0 Å². The molecule has 0 aliphatic heterocycles. The third-order valence-corrected chi connectivity index (χ3v) is 2.16. The summed E-state index contributed by atoms with van der Waals surface area (Å²) in [6.07, 6.45) is 4.82. The Morgan fingerprint density at radius 2 is 2.11 bits per heavy atom. The van der Waals surface area contributed by atoms with Crippen LogP contribution in [0.4, 0.5) is 4.39 Å². The van der Waals surface area contributed by atoms with Gasteiger partial charge in [0.15, 0.2) is 6.61 Å². The first-order chi connectivity index (χ1) is 8.97. The molecule has 0 aliphatic carbocycles. The van der Waals surface area contributed by atoms with E-state index in [0.717, 1.165) is 0 Å². The van der Waals surface area contributed by atoms with Crippen LogP contribution in [-0.2, 0) is 14.3 Å². The highest BCUT2D eigenvalue weighted by molar-refractivity contribution is 6.31. The van der Waals surface area contributed by atoms with E-state index >= 15 is 0 Å². The van der Waals surface area contributed by atoms with Crippen LogP contribution in [0.5, 0.6) is 0 Å². The molecule has 0 bridgehead atoms. The predicted octanol–water partition coefficient (Wildman–Crippen LogP) is 2.38. The number of hydrogen-bond acceptors (Lipinski definition) is 3. The maximum absolute atomic E-state index is 12.4. The predicted molar refractivity (Wildman–Crippen MR) is 72.1 cm³/mol. The number of rotatable bonds is 9. The lowest BCUT2D eigenvalue weighted by molar-refractivity contribution is -0.124. The highest BCUT2D eigenvalue weighted by Gasteiger charge is 2.00. The number of ether oxygens (including phenoxy) is 1. The summed E-state index contributed by atoms with van der Waals surface area (Å²) in [4.78, 5) is 21.4. The minimum absolute atomic E-state index is 0.142. The fourth-order valence-electron chi connectivity index (χ4n) is 0.866. The maximum atomic E-state index is 12.4. The Balaban J connectivity index is 3.77. The number of nitrogens with one attached hydrogen (secondary N) is 1. The molecule has 1 amide bonds. The van der Waals surface area contributed by atoms with Gasteiger partial charge in [-0.05, 0) is 24.1 Å². The largest absolute Gasteiger partial charge is 0.491 e. The van der Waals surface area contributed by atoms with Crippen molar-refractivity contribution in [2.24, 2.45) is 0 Å². The third kappa shape index (κ3) is 9.79. The zero-order valence-electron chi connectivity index (χ0n) is 10.3. The molecular formula is C13H15ClFNO3. The Bertz CT molecular complexity index is 416. The van der Waals surface area contributed by atoms with Crippen molar-refractivity contribution in [3.63, 3.8) is 0 Å². The van der Waals surface area contributed by atoms with Crippen molar-refractivity contribution in [2.75, 3.05) is 13.2 Å². The van der Waals surface area contributed by atoms with Gasteiger partial charge in [-0.15, -0.1) is 0 Å². The molecule has 19 heavy (non-hydrogen) atoms. The molecule has 0 aromatic rings. The number of amides is 1. The number of hydrogen-bond donors (Lipinski definition) is 1. The summed E-state index contributed by atoms with van der Waals surface area (Å²) in [5.74, 6) is -1.09. The molecule has 0 rings (SSSR count). The second-order valence-corrected chi connectivity index (χ2v) is 3.84. The summed E-state index contributed by atoms with van der Waals surface area (Å²) in [5.41, 5.74) is 0.410. The van der Waals surface area contributed by atoms with Crippen molar-refractivity contribution < 1.29 is 18.7 Å². The van der Waals surface area contributed by atoms with Crippen molar-refractivity contribution >= 4 is 23.8 Å². The van der Waals surface area contributed by atoms with Gasteiger partial charge in [-0.1, -0.05) is 24.8 Å². The van der Waals surface area contributed by atoms with Crippen LogP contribution in [0.3, 0.4) is 0 Å². The molecule has 6 heteroatoms. The van der Waals surface area contributed by atoms with Crippen LogP contribution in [0.2, 0.25) is 0 Å². The second-order valence-electron chi connectivity index (χ2n) is 3.44. The lowest BCUT2D eigenvalue weighted by Crippen LogP contribution is -2.28. The molecule has 0 unspecified atom stereocenters. The lowest BCUT2D eigenvalue weighted by Gasteiger charge is -2.03. The SMILES string of the molecule is C=C(C=O)CCNC(=O)CO/C=C/C=C(/Cl)C(=C)F. The molecule has 1 N–H and O–H groups in total. The van der Waals surface area contributed by atoms with E-state index in [0.29, 0.717) is 24.8 Å². The quantitative estimate of drug-likeness (QED) is 0.307. The van der Waals surface area contributed by atoms with Gasteiger partial charge in [-0.3, -0.25) is 9.59 Å². The number of aldehydes is 1. The Morgan fingerprint density at radius 3 is 2.68 bits per heavy atom. The molecule has 0 aromatic heterocycles. The normalized spacial score (nSPS) is 11.2. The Kier molecular flexibility index (Phi) is 9.08. The molecule has 0 saturated heterocycles. The molecule has 4 nitrogen and oxygen atoms in total. The summed E-state index contributed by atoms with van der Waals surface area (Å²) in [5, 5.41) is 2.39. The van der Waals surface area contributed by atoms with Crippen molar-refractivity contribution in [1.29, 1.82) is 0 Å². The Hall–Kier alpha value is -1.88. The number of carbonyl (C=O) groups is 2. The smallest absolute Gasteiger partial charge is 0.257 e. The standard InChI is InChI=1S/C13H15ClFNO3/c1-10(8-17)5-6-16-13(18)9-19-7-3-4-12(14)11(2)15/h3-4,7-8H,1-2,5-6,9H2,(H,16,18)/b7-3+,12-4+. The molecular weight excluding hydrogens is 273 g/mol. The van der Waals surface area contributed by atoms with Crippen molar-refractivity contribution in [3.8, 4) is 0 Å². The van der Waals surface area contributed by atoms with Crippen LogP contribution in [-0.4, -0.2) is 25.3 Å². The first-order valence-corrected chi connectivity index (χ1v) is 5.73. The minimum Gasteiger partial charge on any atom is -0.491 e. The average molecular weight is 288 g/mol. The summed E-state index contributed by atoms with van der Waals surface area (Å²) in [7, 11) is 0. The van der Waals surface area contributed by atoms with E-state index in [2.05, 4.69) is 18.5 Å². The second kappa shape index (κ2) is 10.1. The molecule has 0 saturated carbocycles. The van der Waals surface area contributed by atoms with Crippen LogP contribution < -0.4 is 5.32 Å². The molecule has 0 atom stereocenters. The van der Waals surface area contributed by atoms with E-state index in [1.54, 1.807) is 0 Å². The van der Waals surface area contributed by atoms with Gasteiger partial charge >= 0.3 is 0 Å². The van der Waals surface area contributed by atoms with Crippen LogP contribution in [0.1, 0.15) is 6.42 Å². The van der Waals surface area contributed by atoms with Crippen molar-refractivity contribution in [3.05, 3.63) is 48.0 Å². The monoisotopic (exact) mass is 287 g/mol. The maximum Gasteiger partial charge on any atom is 0.257 e.